The molecule has 0 spiro atoms. The molecular weight excluding hydrogens is 424 g/mol. The molecule has 2 aliphatic rings. The number of para-hydroxylation sites is 2. The Morgan fingerprint density at radius 3 is 2.44 bits per heavy atom. The average Bonchev–Trinajstić information content (AvgIpc) is 3.05. The Hall–Kier alpha value is -3.73. The molecule has 0 bridgehead atoms. The lowest BCUT2D eigenvalue weighted by Gasteiger charge is -2.30. The van der Waals surface area contributed by atoms with E-state index in [4.69, 9.17) is 9.47 Å². The van der Waals surface area contributed by atoms with E-state index in [0.29, 0.717) is 13.0 Å². The van der Waals surface area contributed by atoms with Crippen LogP contribution in [-0.4, -0.2) is 19.5 Å². The van der Waals surface area contributed by atoms with Gasteiger partial charge >= 0.3 is 0 Å². The quantitative estimate of drug-likeness (QED) is 0.447. The molecule has 5 heteroatoms. The van der Waals surface area contributed by atoms with Crippen molar-refractivity contribution in [2.75, 3.05) is 24.4 Å². The Morgan fingerprint density at radius 2 is 1.68 bits per heavy atom. The maximum Gasteiger partial charge on any atom is 0.163 e. The van der Waals surface area contributed by atoms with E-state index in [0.717, 1.165) is 58.1 Å². The SMILES string of the molecule is CCCOc1ccc(C2CC(=O)C3=C(C2)Nc2ccccc2NC3c2cccc(OC)c2)cc1. The zero-order chi connectivity index (χ0) is 23.5. The summed E-state index contributed by atoms with van der Waals surface area (Å²) < 4.78 is 11.2. The maximum atomic E-state index is 13.7. The number of ketones is 1. The second-order valence-corrected chi connectivity index (χ2v) is 8.86. The van der Waals surface area contributed by atoms with Crippen LogP contribution in [-0.2, 0) is 4.79 Å². The standard InChI is InChI=1S/C29H30N2O3/c1-3-15-34-22-13-11-19(12-14-22)21-17-26-28(27(32)18-21)29(20-7-6-8-23(16-20)33-2)31-25-10-5-4-9-24(25)30-26/h4-14,16,21,29-31H,3,15,17-18H2,1-2H3. The zero-order valence-corrected chi connectivity index (χ0v) is 19.6. The molecular formula is C29H30N2O3. The van der Waals surface area contributed by atoms with Crippen LogP contribution in [0.15, 0.2) is 84.1 Å². The Balaban J connectivity index is 1.51. The number of fused-ring (bicyclic) bond motifs is 1. The van der Waals surface area contributed by atoms with Crippen molar-refractivity contribution < 1.29 is 14.3 Å². The summed E-state index contributed by atoms with van der Waals surface area (Å²) >= 11 is 0. The topological polar surface area (TPSA) is 59.6 Å². The highest BCUT2D eigenvalue weighted by atomic mass is 16.5. The fraction of sp³-hybridized carbons (Fsp3) is 0.276. The first kappa shape index (κ1) is 22.1. The Bertz CT molecular complexity index is 1220. The van der Waals surface area contributed by atoms with Crippen LogP contribution in [0.25, 0.3) is 0 Å². The molecule has 1 aliphatic carbocycles. The van der Waals surface area contributed by atoms with Crippen molar-refractivity contribution in [3.8, 4) is 11.5 Å². The number of allylic oxidation sites excluding steroid dienone is 1. The van der Waals surface area contributed by atoms with Crippen LogP contribution in [0.4, 0.5) is 11.4 Å². The van der Waals surface area contributed by atoms with Crippen molar-refractivity contribution in [3.05, 3.63) is 95.2 Å². The number of ether oxygens (including phenoxy) is 2. The van der Waals surface area contributed by atoms with Gasteiger partial charge < -0.3 is 20.1 Å². The fourth-order valence-corrected chi connectivity index (χ4v) is 4.86. The minimum atomic E-state index is -0.250. The van der Waals surface area contributed by atoms with Gasteiger partial charge in [0.25, 0.3) is 0 Å². The molecule has 34 heavy (non-hydrogen) atoms. The van der Waals surface area contributed by atoms with Crippen LogP contribution in [0, 0.1) is 0 Å². The highest BCUT2D eigenvalue weighted by Crippen LogP contribution is 2.44. The summed E-state index contributed by atoms with van der Waals surface area (Å²) in [6, 6.07) is 24.0. The smallest absolute Gasteiger partial charge is 0.163 e. The minimum absolute atomic E-state index is 0.121. The van der Waals surface area contributed by atoms with E-state index in [1.807, 2.05) is 54.6 Å². The number of rotatable bonds is 6. The van der Waals surface area contributed by atoms with Gasteiger partial charge in [0, 0.05) is 17.7 Å². The number of benzene rings is 3. The van der Waals surface area contributed by atoms with Crippen molar-refractivity contribution in [1.29, 1.82) is 0 Å². The van der Waals surface area contributed by atoms with E-state index in [9.17, 15) is 4.79 Å². The molecule has 0 saturated carbocycles. The lowest BCUT2D eigenvalue weighted by Crippen LogP contribution is -2.26. The number of anilines is 2. The first-order valence-electron chi connectivity index (χ1n) is 11.9. The molecule has 5 rings (SSSR count). The molecule has 1 heterocycles. The van der Waals surface area contributed by atoms with Gasteiger partial charge in [-0.1, -0.05) is 43.3 Å². The highest BCUT2D eigenvalue weighted by Gasteiger charge is 2.36. The van der Waals surface area contributed by atoms with Gasteiger partial charge in [0.05, 0.1) is 31.1 Å². The van der Waals surface area contributed by atoms with Gasteiger partial charge in [-0.05, 0) is 66.3 Å². The molecule has 0 radical (unpaired) electrons. The van der Waals surface area contributed by atoms with Gasteiger partial charge in [-0.3, -0.25) is 4.79 Å². The first-order chi connectivity index (χ1) is 16.7. The third kappa shape index (κ3) is 4.38. The van der Waals surface area contributed by atoms with Crippen molar-refractivity contribution in [2.24, 2.45) is 0 Å². The summed E-state index contributed by atoms with van der Waals surface area (Å²) in [7, 11) is 1.66. The number of carbonyl (C=O) groups excluding carboxylic acids is 1. The number of methoxy groups -OCH3 is 1. The predicted molar refractivity (Wildman–Crippen MR) is 136 cm³/mol. The van der Waals surface area contributed by atoms with Crippen molar-refractivity contribution >= 4 is 17.2 Å². The number of hydrogen-bond donors (Lipinski definition) is 2. The number of hydrogen-bond acceptors (Lipinski definition) is 5. The van der Waals surface area contributed by atoms with Gasteiger partial charge in [-0.15, -0.1) is 0 Å². The first-order valence-corrected chi connectivity index (χ1v) is 11.9. The number of carbonyl (C=O) groups is 1. The summed E-state index contributed by atoms with van der Waals surface area (Å²) in [5.41, 5.74) is 5.92. The van der Waals surface area contributed by atoms with Crippen LogP contribution in [0.2, 0.25) is 0 Å². The monoisotopic (exact) mass is 454 g/mol. The van der Waals surface area contributed by atoms with Crippen LogP contribution >= 0.6 is 0 Å². The molecule has 2 unspecified atom stereocenters. The maximum absolute atomic E-state index is 13.7. The lowest BCUT2D eigenvalue weighted by atomic mass is 9.78. The zero-order valence-electron chi connectivity index (χ0n) is 19.6. The van der Waals surface area contributed by atoms with Gasteiger partial charge in [-0.2, -0.15) is 0 Å². The summed E-state index contributed by atoms with van der Waals surface area (Å²) in [6.07, 6.45) is 2.23. The predicted octanol–water partition coefficient (Wildman–Crippen LogP) is 6.46. The van der Waals surface area contributed by atoms with Crippen LogP contribution in [0.1, 0.15) is 49.3 Å². The summed E-state index contributed by atoms with van der Waals surface area (Å²) in [5.74, 6) is 1.93. The second kappa shape index (κ2) is 9.64. The summed E-state index contributed by atoms with van der Waals surface area (Å²) in [6.45, 7) is 2.80. The molecule has 3 aromatic carbocycles. The van der Waals surface area contributed by atoms with Crippen molar-refractivity contribution in [3.63, 3.8) is 0 Å². The van der Waals surface area contributed by atoms with E-state index in [1.54, 1.807) is 7.11 Å². The Morgan fingerprint density at radius 1 is 0.882 bits per heavy atom. The van der Waals surface area contributed by atoms with Gasteiger partial charge in [0.15, 0.2) is 5.78 Å². The van der Waals surface area contributed by atoms with Crippen LogP contribution in [0.3, 0.4) is 0 Å². The van der Waals surface area contributed by atoms with Crippen molar-refractivity contribution in [2.45, 2.75) is 38.1 Å². The summed E-state index contributed by atoms with van der Waals surface area (Å²) in [4.78, 5) is 13.7. The highest BCUT2D eigenvalue weighted by molar-refractivity contribution is 6.01. The van der Waals surface area contributed by atoms with E-state index >= 15 is 0 Å². The molecule has 0 amide bonds. The van der Waals surface area contributed by atoms with E-state index in [2.05, 4.69) is 35.8 Å². The van der Waals surface area contributed by atoms with Gasteiger partial charge in [0.2, 0.25) is 0 Å². The van der Waals surface area contributed by atoms with Crippen molar-refractivity contribution in [1.82, 2.24) is 0 Å². The Kier molecular flexibility index (Phi) is 6.26. The molecule has 1 aliphatic heterocycles. The van der Waals surface area contributed by atoms with Gasteiger partial charge in [-0.25, -0.2) is 0 Å². The minimum Gasteiger partial charge on any atom is -0.497 e. The normalized spacial score (nSPS) is 19.3. The van der Waals surface area contributed by atoms with Crippen LogP contribution in [0.5, 0.6) is 11.5 Å². The van der Waals surface area contributed by atoms with Crippen LogP contribution < -0.4 is 20.1 Å². The molecule has 0 aromatic heterocycles. The molecule has 0 fully saturated rings. The largest absolute Gasteiger partial charge is 0.497 e. The lowest BCUT2D eigenvalue weighted by molar-refractivity contribution is -0.116. The molecule has 2 atom stereocenters. The van der Waals surface area contributed by atoms with E-state index < -0.39 is 0 Å². The number of nitrogens with one attached hydrogen (secondary N) is 2. The second-order valence-electron chi connectivity index (χ2n) is 8.86. The van der Waals surface area contributed by atoms with E-state index in [-0.39, 0.29) is 17.7 Å². The molecule has 174 valence electrons. The average molecular weight is 455 g/mol. The fourth-order valence-electron chi connectivity index (χ4n) is 4.86. The molecule has 2 N–H and O–H groups in total. The van der Waals surface area contributed by atoms with E-state index in [1.165, 1.54) is 0 Å². The Labute approximate surface area is 200 Å². The molecule has 5 nitrogen and oxygen atoms in total. The molecule has 0 saturated heterocycles. The van der Waals surface area contributed by atoms with Gasteiger partial charge in [0.1, 0.15) is 11.5 Å². The third-order valence-electron chi connectivity index (χ3n) is 6.56. The summed E-state index contributed by atoms with van der Waals surface area (Å²) in [5, 5.41) is 7.22. The number of Topliss-reactive ketones (excluding diaryl/α,β-unsaturated/α-hetero) is 1. The molecule has 3 aromatic rings. The third-order valence-corrected chi connectivity index (χ3v) is 6.56.